The Morgan fingerprint density at radius 1 is 1.47 bits per heavy atom. The van der Waals surface area contributed by atoms with Gasteiger partial charge in [-0.3, -0.25) is 0 Å². The summed E-state index contributed by atoms with van der Waals surface area (Å²) in [5, 5.41) is 4.60. The third kappa shape index (κ3) is 2.65. The van der Waals surface area contributed by atoms with Gasteiger partial charge in [-0.25, -0.2) is 4.98 Å². The van der Waals surface area contributed by atoms with Crippen molar-refractivity contribution in [1.82, 2.24) is 14.9 Å². The molecule has 0 aliphatic rings. The quantitative estimate of drug-likeness (QED) is 0.773. The van der Waals surface area contributed by atoms with Crippen LogP contribution in [0.5, 0.6) is 0 Å². The number of pyridine rings is 1. The zero-order valence-electron chi connectivity index (χ0n) is 10.4. The van der Waals surface area contributed by atoms with Crippen molar-refractivity contribution in [1.29, 1.82) is 0 Å². The average Bonchev–Trinajstić information content (AvgIpc) is 2.73. The Kier molecular flexibility index (Phi) is 4.12. The summed E-state index contributed by atoms with van der Waals surface area (Å²) in [6.45, 7) is 5.56. The molecule has 0 bridgehead atoms. The van der Waals surface area contributed by atoms with E-state index >= 15 is 0 Å². The molecule has 4 heteroatoms. The van der Waals surface area contributed by atoms with E-state index in [9.17, 15) is 0 Å². The Morgan fingerprint density at radius 2 is 2.35 bits per heavy atom. The third-order valence-corrected chi connectivity index (χ3v) is 2.86. The SMILES string of the molecule is CCn1cc(CNCCOC)c2cccnc21. The van der Waals surface area contributed by atoms with Gasteiger partial charge in [0.25, 0.3) is 0 Å². The van der Waals surface area contributed by atoms with Crippen LogP contribution in [-0.2, 0) is 17.8 Å². The third-order valence-electron chi connectivity index (χ3n) is 2.86. The molecule has 0 radical (unpaired) electrons. The van der Waals surface area contributed by atoms with Crippen LogP contribution in [0, 0.1) is 0 Å². The second kappa shape index (κ2) is 5.80. The van der Waals surface area contributed by atoms with Crippen LogP contribution < -0.4 is 5.32 Å². The van der Waals surface area contributed by atoms with Gasteiger partial charge in [-0.15, -0.1) is 0 Å². The molecule has 0 saturated carbocycles. The lowest BCUT2D eigenvalue weighted by atomic mass is 10.2. The second-order valence-corrected chi connectivity index (χ2v) is 3.98. The molecule has 2 rings (SSSR count). The molecular weight excluding hydrogens is 214 g/mol. The Bertz CT molecular complexity index is 478. The fourth-order valence-corrected chi connectivity index (χ4v) is 1.97. The van der Waals surface area contributed by atoms with E-state index in [1.807, 2.05) is 12.3 Å². The van der Waals surface area contributed by atoms with Gasteiger partial charge < -0.3 is 14.6 Å². The summed E-state index contributed by atoms with van der Waals surface area (Å²) < 4.78 is 7.20. The average molecular weight is 233 g/mol. The van der Waals surface area contributed by atoms with Gasteiger partial charge in [-0.05, 0) is 24.6 Å². The van der Waals surface area contributed by atoms with Crippen LogP contribution in [0.25, 0.3) is 11.0 Å². The lowest BCUT2D eigenvalue weighted by Gasteiger charge is -2.02. The number of nitrogens with zero attached hydrogens (tertiary/aromatic N) is 2. The predicted molar refractivity (Wildman–Crippen MR) is 69.0 cm³/mol. The maximum absolute atomic E-state index is 5.01. The van der Waals surface area contributed by atoms with Crippen LogP contribution in [0.3, 0.4) is 0 Å². The second-order valence-electron chi connectivity index (χ2n) is 3.98. The minimum atomic E-state index is 0.741. The fraction of sp³-hybridized carbons (Fsp3) is 0.462. The van der Waals surface area contributed by atoms with Gasteiger partial charge in [-0.1, -0.05) is 0 Å². The molecular formula is C13H19N3O. The molecule has 0 aliphatic heterocycles. The van der Waals surface area contributed by atoms with E-state index in [1.54, 1.807) is 7.11 Å². The molecule has 0 amide bonds. The van der Waals surface area contributed by atoms with Crippen molar-refractivity contribution in [2.45, 2.75) is 20.0 Å². The largest absolute Gasteiger partial charge is 0.383 e. The van der Waals surface area contributed by atoms with Crippen molar-refractivity contribution in [2.75, 3.05) is 20.3 Å². The van der Waals surface area contributed by atoms with E-state index in [1.165, 1.54) is 10.9 Å². The number of aryl methyl sites for hydroxylation is 1. The predicted octanol–water partition coefficient (Wildman–Crippen LogP) is 1.79. The molecule has 4 nitrogen and oxygen atoms in total. The van der Waals surface area contributed by atoms with E-state index in [4.69, 9.17) is 4.74 Å². The summed E-state index contributed by atoms with van der Waals surface area (Å²) in [5.41, 5.74) is 2.37. The monoisotopic (exact) mass is 233 g/mol. The maximum atomic E-state index is 5.01. The molecule has 1 N–H and O–H groups in total. The first-order chi connectivity index (χ1) is 8.36. The highest BCUT2D eigenvalue weighted by Crippen LogP contribution is 2.18. The van der Waals surface area contributed by atoms with Gasteiger partial charge >= 0.3 is 0 Å². The number of hydrogen-bond donors (Lipinski definition) is 1. The molecule has 0 spiro atoms. The zero-order valence-corrected chi connectivity index (χ0v) is 10.4. The molecule has 2 aromatic rings. The summed E-state index contributed by atoms with van der Waals surface area (Å²) in [6.07, 6.45) is 4.02. The molecule has 0 saturated heterocycles. The minimum absolute atomic E-state index is 0.741. The van der Waals surface area contributed by atoms with Crippen molar-refractivity contribution in [3.05, 3.63) is 30.1 Å². The van der Waals surface area contributed by atoms with E-state index < -0.39 is 0 Å². The highest BCUT2D eigenvalue weighted by molar-refractivity contribution is 5.80. The summed E-state index contributed by atoms with van der Waals surface area (Å²) in [5.74, 6) is 0. The number of hydrogen-bond acceptors (Lipinski definition) is 3. The summed E-state index contributed by atoms with van der Waals surface area (Å²) in [6, 6.07) is 4.11. The van der Waals surface area contributed by atoms with Crippen molar-refractivity contribution in [2.24, 2.45) is 0 Å². The lowest BCUT2D eigenvalue weighted by molar-refractivity contribution is 0.199. The molecule has 0 unspecified atom stereocenters. The van der Waals surface area contributed by atoms with E-state index in [-0.39, 0.29) is 0 Å². The van der Waals surface area contributed by atoms with Gasteiger partial charge in [0, 0.05) is 44.5 Å². The maximum Gasteiger partial charge on any atom is 0.140 e. The Morgan fingerprint density at radius 3 is 3.12 bits per heavy atom. The summed E-state index contributed by atoms with van der Waals surface area (Å²) in [7, 11) is 1.72. The summed E-state index contributed by atoms with van der Waals surface area (Å²) in [4.78, 5) is 4.43. The molecule has 92 valence electrons. The van der Waals surface area contributed by atoms with Crippen LogP contribution in [0.15, 0.2) is 24.5 Å². The number of fused-ring (bicyclic) bond motifs is 1. The molecule has 17 heavy (non-hydrogen) atoms. The Balaban J connectivity index is 2.16. The van der Waals surface area contributed by atoms with Gasteiger partial charge in [0.2, 0.25) is 0 Å². The molecule has 0 fully saturated rings. The van der Waals surface area contributed by atoms with Crippen LogP contribution in [0.2, 0.25) is 0 Å². The Labute approximate surface area is 102 Å². The highest BCUT2D eigenvalue weighted by atomic mass is 16.5. The van der Waals surface area contributed by atoms with Crippen molar-refractivity contribution in [3.8, 4) is 0 Å². The number of methoxy groups -OCH3 is 1. The lowest BCUT2D eigenvalue weighted by Crippen LogP contribution is -2.18. The molecule has 0 aromatic carbocycles. The van der Waals surface area contributed by atoms with Gasteiger partial charge in [0.15, 0.2) is 0 Å². The molecule has 0 atom stereocenters. The first kappa shape index (κ1) is 12.1. The van der Waals surface area contributed by atoms with Crippen molar-refractivity contribution >= 4 is 11.0 Å². The number of nitrogens with one attached hydrogen (secondary N) is 1. The van der Waals surface area contributed by atoms with Gasteiger partial charge in [0.05, 0.1) is 6.61 Å². The number of ether oxygens (including phenoxy) is 1. The van der Waals surface area contributed by atoms with E-state index in [0.29, 0.717) is 0 Å². The Hall–Kier alpha value is -1.39. The van der Waals surface area contributed by atoms with Crippen LogP contribution in [0.4, 0.5) is 0 Å². The number of rotatable bonds is 6. The first-order valence-corrected chi connectivity index (χ1v) is 5.99. The normalized spacial score (nSPS) is 11.2. The molecule has 2 aromatic heterocycles. The summed E-state index contributed by atoms with van der Waals surface area (Å²) >= 11 is 0. The van der Waals surface area contributed by atoms with E-state index in [0.717, 1.165) is 31.9 Å². The van der Waals surface area contributed by atoms with Crippen molar-refractivity contribution in [3.63, 3.8) is 0 Å². The van der Waals surface area contributed by atoms with Gasteiger partial charge in [-0.2, -0.15) is 0 Å². The van der Waals surface area contributed by atoms with Crippen LogP contribution in [-0.4, -0.2) is 29.8 Å². The molecule has 0 aliphatic carbocycles. The smallest absolute Gasteiger partial charge is 0.140 e. The minimum Gasteiger partial charge on any atom is -0.383 e. The molecule has 2 heterocycles. The van der Waals surface area contributed by atoms with Crippen LogP contribution >= 0.6 is 0 Å². The van der Waals surface area contributed by atoms with Crippen molar-refractivity contribution < 1.29 is 4.74 Å². The highest BCUT2D eigenvalue weighted by Gasteiger charge is 2.07. The fourth-order valence-electron chi connectivity index (χ4n) is 1.97. The van der Waals surface area contributed by atoms with Crippen LogP contribution in [0.1, 0.15) is 12.5 Å². The number of aromatic nitrogens is 2. The van der Waals surface area contributed by atoms with E-state index in [2.05, 4.69) is 34.1 Å². The van der Waals surface area contributed by atoms with Gasteiger partial charge in [0.1, 0.15) is 5.65 Å². The first-order valence-electron chi connectivity index (χ1n) is 5.99. The zero-order chi connectivity index (χ0) is 12.1. The topological polar surface area (TPSA) is 39.1 Å². The standard InChI is InChI=1S/C13H19N3O/c1-3-16-10-11(9-14-7-8-17-2)12-5-4-6-15-13(12)16/h4-6,10,14H,3,7-9H2,1-2H3.